The number of phenols is 1. The molecule has 2 aliphatic heterocycles. The number of ether oxygens (including phenoxy) is 2. The molecule has 0 saturated carbocycles. The fraction of sp³-hybridized carbons (Fsp3) is 0.433. The second kappa shape index (κ2) is 9.54. The highest BCUT2D eigenvalue weighted by Crippen LogP contribution is 2.44. The van der Waals surface area contributed by atoms with Gasteiger partial charge in [0.2, 0.25) is 0 Å². The molecule has 0 aliphatic carbocycles. The Labute approximate surface area is 208 Å². The summed E-state index contributed by atoms with van der Waals surface area (Å²) in [6, 6.07) is 7.29. The van der Waals surface area contributed by atoms with Crippen LogP contribution in [0.25, 0.3) is 0 Å². The number of hydrogen-bond acceptors (Lipinski definition) is 5. The smallest absolute Gasteiger partial charge is 0.170 e. The molecule has 2 heterocycles. The van der Waals surface area contributed by atoms with Crippen molar-refractivity contribution in [3.05, 3.63) is 75.4 Å². The van der Waals surface area contributed by atoms with Crippen LogP contribution in [0.15, 0.2) is 47.6 Å². The van der Waals surface area contributed by atoms with Gasteiger partial charge < -0.3 is 19.7 Å². The van der Waals surface area contributed by atoms with E-state index in [1.807, 2.05) is 39.8 Å². The largest absolute Gasteiger partial charge is 0.508 e. The first-order chi connectivity index (χ1) is 16.5. The van der Waals surface area contributed by atoms with Crippen molar-refractivity contribution in [3.8, 4) is 17.2 Å². The Kier molecular flexibility index (Phi) is 6.83. The van der Waals surface area contributed by atoms with Crippen LogP contribution >= 0.6 is 0 Å². The summed E-state index contributed by atoms with van der Waals surface area (Å²) < 4.78 is 12.7. The lowest BCUT2D eigenvalue weighted by atomic mass is 9.86. The van der Waals surface area contributed by atoms with E-state index in [1.165, 1.54) is 5.57 Å². The van der Waals surface area contributed by atoms with Crippen LogP contribution in [0, 0.1) is 0 Å². The molecule has 4 rings (SSSR count). The Hall–Kier alpha value is -3.05. The maximum atomic E-state index is 13.1. The summed E-state index contributed by atoms with van der Waals surface area (Å²) in [5.74, 6) is 1.40. The molecule has 35 heavy (non-hydrogen) atoms. The quantitative estimate of drug-likeness (QED) is 0.503. The Balaban J connectivity index is 1.78. The van der Waals surface area contributed by atoms with E-state index >= 15 is 0 Å². The molecule has 0 amide bonds. The number of Topliss-reactive ketones (excluding diaryl/α,β-unsaturated/α-hetero) is 1. The summed E-state index contributed by atoms with van der Waals surface area (Å²) in [5, 5.41) is 21.2. The van der Waals surface area contributed by atoms with Gasteiger partial charge in [-0.3, -0.25) is 4.79 Å². The van der Waals surface area contributed by atoms with E-state index in [9.17, 15) is 15.0 Å². The van der Waals surface area contributed by atoms with Crippen molar-refractivity contribution >= 4 is 5.78 Å². The Morgan fingerprint density at radius 2 is 1.71 bits per heavy atom. The van der Waals surface area contributed by atoms with Crippen LogP contribution in [0.4, 0.5) is 0 Å². The van der Waals surface area contributed by atoms with E-state index in [2.05, 4.69) is 26.0 Å². The number of rotatable bonds is 5. The normalized spacial score (nSPS) is 20.1. The molecule has 0 saturated heterocycles. The molecule has 2 aromatic rings. The maximum Gasteiger partial charge on any atom is 0.170 e. The van der Waals surface area contributed by atoms with Crippen molar-refractivity contribution in [1.82, 2.24) is 0 Å². The molecule has 0 radical (unpaired) electrons. The summed E-state index contributed by atoms with van der Waals surface area (Å²) in [4.78, 5) is 13.1. The lowest BCUT2D eigenvalue weighted by molar-refractivity contribution is -0.0417. The molecule has 2 atom stereocenters. The number of aromatic hydroxyl groups is 1. The van der Waals surface area contributed by atoms with Crippen LogP contribution in [-0.4, -0.2) is 27.7 Å². The van der Waals surface area contributed by atoms with E-state index in [0.29, 0.717) is 36.1 Å². The van der Waals surface area contributed by atoms with Gasteiger partial charge in [-0.1, -0.05) is 23.3 Å². The van der Waals surface area contributed by atoms with Gasteiger partial charge in [0.05, 0.1) is 18.1 Å². The first-order valence-electron chi connectivity index (χ1n) is 12.3. The van der Waals surface area contributed by atoms with E-state index < -0.39 is 17.8 Å². The number of aliphatic hydroxyl groups excluding tert-OH is 1. The van der Waals surface area contributed by atoms with Crippen molar-refractivity contribution in [2.75, 3.05) is 0 Å². The fourth-order valence-electron chi connectivity index (χ4n) is 4.62. The zero-order valence-corrected chi connectivity index (χ0v) is 21.6. The minimum atomic E-state index is -0.679. The van der Waals surface area contributed by atoms with Crippen LogP contribution < -0.4 is 9.47 Å². The molecule has 0 bridgehead atoms. The van der Waals surface area contributed by atoms with E-state index in [0.717, 1.165) is 28.0 Å². The van der Waals surface area contributed by atoms with E-state index in [1.54, 1.807) is 12.1 Å². The second-order valence-electron chi connectivity index (χ2n) is 10.7. The lowest BCUT2D eigenvalue weighted by Crippen LogP contribution is -2.46. The first kappa shape index (κ1) is 25.1. The Morgan fingerprint density at radius 1 is 1.03 bits per heavy atom. The summed E-state index contributed by atoms with van der Waals surface area (Å²) in [7, 11) is 0. The molecule has 0 fully saturated rings. The van der Waals surface area contributed by atoms with Gasteiger partial charge in [-0.05, 0) is 95.3 Å². The van der Waals surface area contributed by atoms with Gasteiger partial charge in [0.25, 0.3) is 0 Å². The fourth-order valence-corrected chi connectivity index (χ4v) is 4.62. The Bertz CT molecular complexity index is 1210. The number of carbonyl (C=O) groups excluding carboxylic acids is 1. The minimum absolute atomic E-state index is 0.00399. The standard InChI is InChI=1S/C30H36O5/c1-17(2)7-9-19-13-20(14-21-15-27(33)30(5,6)35-28(19)21)26-16-25(32)23-11-12-24(31)22(29(23)34-26)10-8-18(3)4/h7-8,11-14,26-27,31,33H,9-10,15-16H2,1-6H3/t26-,27+/m0/s1. The molecule has 0 spiro atoms. The summed E-state index contributed by atoms with van der Waals surface area (Å²) >= 11 is 0. The van der Waals surface area contributed by atoms with Gasteiger partial charge in [0, 0.05) is 12.0 Å². The van der Waals surface area contributed by atoms with Crippen molar-refractivity contribution in [2.24, 2.45) is 0 Å². The van der Waals surface area contributed by atoms with Gasteiger partial charge in [0.15, 0.2) is 5.78 Å². The molecule has 0 aromatic heterocycles. The van der Waals surface area contributed by atoms with Crippen molar-refractivity contribution in [2.45, 2.75) is 85.0 Å². The molecule has 186 valence electrons. The number of hydrogen-bond donors (Lipinski definition) is 2. The summed E-state index contributed by atoms with van der Waals surface area (Å²) in [5.41, 5.74) is 5.62. The number of phenolic OH excluding ortho intramolecular Hbond substituents is 1. The highest BCUT2D eigenvalue weighted by molar-refractivity contribution is 6.00. The van der Waals surface area contributed by atoms with Gasteiger partial charge in [-0.25, -0.2) is 0 Å². The number of benzene rings is 2. The molecule has 2 N–H and O–H groups in total. The third-order valence-electron chi connectivity index (χ3n) is 6.83. The molecular formula is C30H36O5. The van der Waals surface area contributed by atoms with E-state index in [-0.39, 0.29) is 18.0 Å². The monoisotopic (exact) mass is 476 g/mol. The molecular weight excluding hydrogens is 440 g/mol. The average Bonchev–Trinajstić information content (AvgIpc) is 2.77. The van der Waals surface area contributed by atoms with Crippen LogP contribution in [0.3, 0.4) is 0 Å². The summed E-state index contributed by atoms with van der Waals surface area (Å²) in [6.45, 7) is 11.9. The third-order valence-corrected chi connectivity index (χ3v) is 6.83. The average molecular weight is 477 g/mol. The molecule has 0 unspecified atom stereocenters. The van der Waals surface area contributed by atoms with Crippen LogP contribution in [0.1, 0.15) is 86.7 Å². The van der Waals surface area contributed by atoms with Crippen LogP contribution in [-0.2, 0) is 19.3 Å². The number of ketones is 1. The predicted molar refractivity (Wildman–Crippen MR) is 138 cm³/mol. The molecule has 5 heteroatoms. The van der Waals surface area contributed by atoms with Crippen LogP contribution in [0.2, 0.25) is 0 Å². The third kappa shape index (κ3) is 5.15. The SMILES string of the molecule is CC(C)=CCc1cc([C@@H]2CC(=O)c3ccc(O)c(CC=C(C)C)c3O2)cc2c1OC(C)(C)[C@H](O)C2. The Morgan fingerprint density at radius 3 is 2.40 bits per heavy atom. The van der Waals surface area contributed by atoms with E-state index in [4.69, 9.17) is 9.47 Å². The van der Waals surface area contributed by atoms with Crippen molar-refractivity contribution < 1.29 is 24.5 Å². The number of fused-ring (bicyclic) bond motifs is 2. The van der Waals surface area contributed by atoms with Gasteiger partial charge in [-0.15, -0.1) is 0 Å². The molecule has 2 aromatic carbocycles. The summed E-state index contributed by atoms with van der Waals surface area (Å²) in [6.07, 6.45) is 4.92. The zero-order valence-electron chi connectivity index (χ0n) is 21.6. The topological polar surface area (TPSA) is 76.0 Å². The number of aliphatic hydroxyl groups is 1. The maximum absolute atomic E-state index is 13.1. The zero-order chi connectivity index (χ0) is 25.5. The second-order valence-corrected chi connectivity index (χ2v) is 10.7. The minimum Gasteiger partial charge on any atom is -0.508 e. The van der Waals surface area contributed by atoms with Gasteiger partial charge in [-0.2, -0.15) is 0 Å². The highest BCUT2D eigenvalue weighted by atomic mass is 16.5. The predicted octanol–water partition coefficient (Wildman–Crippen LogP) is 6.19. The van der Waals surface area contributed by atoms with Gasteiger partial charge in [0.1, 0.15) is 29.0 Å². The molecule has 2 aliphatic rings. The number of carbonyl (C=O) groups is 1. The van der Waals surface area contributed by atoms with Gasteiger partial charge >= 0.3 is 0 Å². The molecule has 5 nitrogen and oxygen atoms in total. The van der Waals surface area contributed by atoms with Crippen molar-refractivity contribution in [1.29, 1.82) is 0 Å². The highest BCUT2D eigenvalue weighted by Gasteiger charge is 2.38. The number of allylic oxidation sites excluding steroid dienone is 4. The van der Waals surface area contributed by atoms with Crippen LogP contribution in [0.5, 0.6) is 17.2 Å². The lowest BCUT2D eigenvalue weighted by Gasteiger charge is -2.38. The first-order valence-corrected chi connectivity index (χ1v) is 12.3. The van der Waals surface area contributed by atoms with Crippen molar-refractivity contribution in [3.63, 3.8) is 0 Å².